The van der Waals surface area contributed by atoms with Crippen LogP contribution < -0.4 is 9.80 Å². The van der Waals surface area contributed by atoms with Crippen LogP contribution >= 0.6 is 0 Å². The van der Waals surface area contributed by atoms with E-state index in [4.69, 9.17) is 5.11 Å². The van der Waals surface area contributed by atoms with Gasteiger partial charge in [0.2, 0.25) is 0 Å². The minimum atomic E-state index is -0.945. The lowest BCUT2D eigenvalue weighted by Crippen LogP contribution is -2.25. The molecule has 0 atom stereocenters. The monoisotopic (exact) mass is 317 g/mol. The number of anilines is 2. The van der Waals surface area contributed by atoms with Crippen molar-refractivity contribution in [1.29, 1.82) is 0 Å². The third-order valence-corrected chi connectivity index (χ3v) is 3.99. The lowest BCUT2D eigenvalue weighted by molar-refractivity contribution is 0.0697. The number of carboxylic acids is 1. The van der Waals surface area contributed by atoms with Gasteiger partial charge in [0.15, 0.2) is 0 Å². The molecule has 6 heteroatoms. The second-order valence-electron chi connectivity index (χ2n) is 5.35. The van der Waals surface area contributed by atoms with Crippen LogP contribution in [-0.2, 0) is 0 Å². The van der Waals surface area contributed by atoms with Crippen LogP contribution in [-0.4, -0.2) is 54.5 Å². The molecule has 0 saturated carbocycles. The molecule has 0 bridgehead atoms. The highest BCUT2D eigenvalue weighted by Gasteiger charge is 2.16. The normalized spacial score (nSPS) is 10.8. The fourth-order valence-corrected chi connectivity index (χ4v) is 2.72. The topological polar surface area (TPSA) is 76.9 Å². The van der Waals surface area contributed by atoms with Crippen molar-refractivity contribution in [3.05, 3.63) is 30.0 Å². The first-order valence-electron chi connectivity index (χ1n) is 7.76. The van der Waals surface area contributed by atoms with Crippen molar-refractivity contribution >= 4 is 28.2 Å². The molecule has 0 unspecified atom stereocenters. The highest BCUT2D eigenvalue weighted by atomic mass is 16.4. The fraction of sp³-hybridized carbons (Fsp3) is 0.412. The zero-order valence-corrected chi connectivity index (χ0v) is 13.8. The minimum Gasteiger partial charge on any atom is -0.478 e. The highest BCUT2D eigenvalue weighted by molar-refractivity contribution is 6.04. The largest absolute Gasteiger partial charge is 0.478 e. The second kappa shape index (κ2) is 7.28. The Bertz CT molecular complexity index is 699. The minimum absolute atomic E-state index is 0.0324. The van der Waals surface area contributed by atoms with Crippen molar-refractivity contribution < 1.29 is 15.0 Å². The molecule has 0 amide bonds. The third-order valence-electron chi connectivity index (χ3n) is 3.99. The summed E-state index contributed by atoms with van der Waals surface area (Å²) in [6.45, 7) is 6.25. The van der Waals surface area contributed by atoms with E-state index in [1.807, 2.05) is 11.9 Å². The van der Waals surface area contributed by atoms with Gasteiger partial charge in [-0.3, -0.25) is 0 Å². The van der Waals surface area contributed by atoms with E-state index >= 15 is 0 Å². The van der Waals surface area contributed by atoms with E-state index in [9.17, 15) is 9.90 Å². The summed E-state index contributed by atoms with van der Waals surface area (Å²) < 4.78 is 0. The molecule has 0 radical (unpaired) electrons. The molecular weight excluding hydrogens is 294 g/mol. The standard InChI is InChI=1S/C17H23N3O3/c1-4-20(5-2)15-11-18-16(19(3)8-9-21)13-7-6-12(17(22)23)10-14(13)15/h6-7,10-11,21H,4-5,8-9H2,1-3H3,(H,22,23). The molecule has 1 aromatic carbocycles. The zero-order valence-electron chi connectivity index (χ0n) is 13.8. The molecule has 0 aliphatic rings. The first-order chi connectivity index (χ1) is 11.0. The van der Waals surface area contributed by atoms with Crippen molar-refractivity contribution in [2.45, 2.75) is 13.8 Å². The number of aromatic nitrogens is 1. The lowest BCUT2D eigenvalue weighted by atomic mass is 10.1. The van der Waals surface area contributed by atoms with Gasteiger partial charge in [-0.15, -0.1) is 0 Å². The van der Waals surface area contributed by atoms with Crippen molar-refractivity contribution in [3.63, 3.8) is 0 Å². The van der Waals surface area contributed by atoms with Gasteiger partial charge >= 0.3 is 5.97 Å². The third kappa shape index (κ3) is 3.37. The lowest BCUT2D eigenvalue weighted by Gasteiger charge is -2.25. The Hall–Kier alpha value is -2.34. The number of fused-ring (bicyclic) bond motifs is 1. The molecule has 2 rings (SSSR count). The number of carboxylic acid groups (broad SMARTS) is 1. The SMILES string of the molecule is CCN(CC)c1cnc(N(C)CCO)c2ccc(C(=O)O)cc12. The van der Waals surface area contributed by atoms with Crippen molar-refractivity contribution in [2.75, 3.05) is 43.1 Å². The number of hydrogen-bond donors (Lipinski definition) is 2. The van der Waals surface area contributed by atoms with Gasteiger partial charge in [0.05, 0.1) is 24.1 Å². The number of pyridine rings is 1. The summed E-state index contributed by atoms with van der Waals surface area (Å²) in [6.07, 6.45) is 1.78. The Morgan fingerprint density at radius 2 is 1.91 bits per heavy atom. The van der Waals surface area contributed by atoms with Crippen molar-refractivity contribution in [1.82, 2.24) is 4.98 Å². The molecule has 23 heavy (non-hydrogen) atoms. The molecule has 0 spiro atoms. The van der Waals surface area contributed by atoms with Gasteiger partial charge in [-0.05, 0) is 32.0 Å². The van der Waals surface area contributed by atoms with E-state index in [1.54, 1.807) is 24.4 Å². The van der Waals surface area contributed by atoms with Crippen LogP contribution in [0.2, 0.25) is 0 Å². The number of benzene rings is 1. The molecular formula is C17H23N3O3. The molecule has 0 saturated heterocycles. The van der Waals surface area contributed by atoms with Gasteiger partial charge in [-0.1, -0.05) is 0 Å². The molecule has 1 heterocycles. The average Bonchev–Trinajstić information content (AvgIpc) is 2.55. The van der Waals surface area contributed by atoms with Crippen molar-refractivity contribution in [2.24, 2.45) is 0 Å². The summed E-state index contributed by atoms with van der Waals surface area (Å²) in [6, 6.07) is 5.08. The quantitative estimate of drug-likeness (QED) is 0.815. The van der Waals surface area contributed by atoms with Gasteiger partial charge in [0, 0.05) is 37.5 Å². The highest BCUT2D eigenvalue weighted by Crippen LogP contribution is 2.32. The molecule has 1 aromatic heterocycles. The Morgan fingerprint density at radius 3 is 2.48 bits per heavy atom. The van der Waals surface area contributed by atoms with E-state index < -0.39 is 5.97 Å². The number of aliphatic hydroxyl groups excluding tert-OH is 1. The van der Waals surface area contributed by atoms with E-state index in [-0.39, 0.29) is 12.2 Å². The van der Waals surface area contributed by atoms with E-state index in [2.05, 4.69) is 23.7 Å². The van der Waals surface area contributed by atoms with Crippen molar-refractivity contribution in [3.8, 4) is 0 Å². The predicted molar refractivity (Wildman–Crippen MR) is 92.6 cm³/mol. The Balaban J connectivity index is 2.70. The fourth-order valence-electron chi connectivity index (χ4n) is 2.72. The summed E-state index contributed by atoms with van der Waals surface area (Å²) in [7, 11) is 1.86. The predicted octanol–water partition coefficient (Wildman–Crippen LogP) is 2.21. The maximum absolute atomic E-state index is 11.3. The summed E-state index contributed by atoms with van der Waals surface area (Å²) in [4.78, 5) is 19.9. The summed E-state index contributed by atoms with van der Waals surface area (Å²) in [5, 5.41) is 20.2. The van der Waals surface area contributed by atoms with Crippen LogP contribution in [0.1, 0.15) is 24.2 Å². The number of nitrogens with zero attached hydrogens (tertiary/aromatic N) is 3. The Kier molecular flexibility index (Phi) is 5.39. The van der Waals surface area contributed by atoms with Gasteiger partial charge in [-0.2, -0.15) is 0 Å². The van der Waals surface area contributed by atoms with Gasteiger partial charge in [0.1, 0.15) is 5.82 Å². The number of aliphatic hydroxyl groups is 1. The molecule has 0 aliphatic carbocycles. The van der Waals surface area contributed by atoms with Crippen LogP contribution in [0.3, 0.4) is 0 Å². The molecule has 124 valence electrons. The van der Waals surface area contributed by atoms with Crippen LogP contribution in [0.5, 0.6) is 0 Å². The summed E-state index contributed by atoms with van der Waals surface area (Å²) >= 11 is 0. The van der Waals surface area contributed by atoms with E-state index in [1.165, 1.54) is 0 Å². The van der Waals surface area contributed by atoms with Crippen LogP contribution in [0.15, 0.2) is 24.4 Å². The first kappa shape index (κ1) is 17.0. The molecule has 2 aromatic rings. The van der Waals surface area contributed by atoms with Gasteiger partial charge in [0.25, 0.3) is 0 Å². The smallest absolute Gasteiger partial charge is 0.335 e. The maximum atomic E-state index is 11.3. The molecule has 0 fully saturated rings. The van der Waals surface area contributed by atoms with E-state index in [0.29, 0.717) is 6.54 Å². The first-order valence-corrected chi connectivity index (χ1v) is 7.76. The Morgan fingerprint density at radius 1 is 1.22 bits per heavy atom. The summed E-state index contributed by atoms with van der Waals surface area (Å²) in [5.41, 5.74) is 1.18. The molecule has 6 nitrogen and oxygen atoms in total. The van der Waals surface area contributed by atoms with Crippen LogP contribution in [0.4, 0.5) is 11.5 Å². The number of likely N-dealkylation sites (N-methyl/N-ethyl adjacent to an activating group) is 1. The van der Waals surface area contributed by atoms with Gasteiger partial charge < -0.3 is 20.0 Å². The Labute approximate surface area is 136 Å². The number of aromatic carboxylic acids is 1. The van der Waals surface area contributed by atoms with Crippen LogP contribution in [0.25, 0.3) is 10.8 Å². The number of rotatable bonds is 7. The van der Waals surface area contributed by atoms with Crippen LogP contribution in [0, 0.1) is 0 Å². The number of carbonyl (C=O) groups is 1. The zero-order chi connectivity index (χ0) is 17.0. The van der Waals surface area contributed by atoms with Gasteiger partial charge in [-0.25, -0.2) is 9.78 Å². The number of hydrogen-bond acceptors (Lipinski definition) is 5. The molecule has 0 aliphatic heterocycles. The second-order valence-corrected chi connectivity index (χ2v) is 5.35. The summed E-state index contributed by atoms with van der Waals surface area (Å²) in [5.74, 6) is -0.207. The average molecular weight is 317 g/mol. The molecule has 2 N–H and O–H groups in total. The van der Waals surface area contributed by atoms with E-state index in [0.717, 1.165) is 35.4 Å². The maximum Gasteiger partial charge on any atom is 0.335 e.